The minimum Gasteiger partial charge on any atom is -0.378 e. The highest BCUT2D eigenvalue weighted by atomic mass is 32.2. The van der Waals surface area contributed by atoms with Crippen LogP contribution in [-0.4, -0.2) is 50.1 Å². The van der Waals surface area contributed by atoms with E-state index < -0.39 is 15.8 Å². The molecule has 31 heavy (non-hydrogen) atoms. The van der Waals surface area contributed by atoms with Gasteiger partial charge in [0.25, 0.3) is 10.0 Å². The fraction of sp³-hybridized carbons (Fsp3) is 0.300. The van der Waals surface area contributed by atoms with Gasteiger partial charge in [0.1, 0.15) is 5.82 Å². The second-order valence-electron chi connectivity index (χ2n) is 7.00. The zero-order valence-corrected chi connectivity index (χ0v) is 18.0. The number of carbonyl (C=O) groups is 1. The normalized spacial score (nSPS) is 14.7. The summed E-state index contributed by atoms with van der Waals surface area (Å²) in [5.41, 5.74) is 0.805. The molecule has 8 nitrogen and oxygen atoms in total. The van der Waals surface area contributed by atoms with Crippen molar-refractivity contribution in [2.45, 2.75) is 17.9 Å². The number of hydrogen-bond donors (Lipinski definition) is 1. The van der Waals surface area contributed by atoms with Gasteiger partial charge < -0.3 is 9.64 Å². The average Bonchev–Trinajstić information content (AvgIpc) is 3.08. The maximum absolute atomic E-state index is 13.0. The Morgan fingerprint density at radius 2 is 1.84 bits per heavy atom. The van der Waals surface area contributed by atoms with Crippen LogP contribution in [0.1, 0.15) is 6.42 Å². The predicted octanol–water partition coefficient (Wildman–Crippen LogP) is 2.25. The number of aryl methyl sites for hydroxylation is 1. The summed E-state index contributed by atoms with van der Waals surface area (Å²) in [6.45, 7) is 2.32. The Balaban J connectivity index is 1.53. The van der Waals surface area contributed by atoms with Crippen molar-refractivity contribution in [2.24, 2.45) is 0 Å². The summed E-state index contributed by atoms with van der Waals surface area (Å²) in [5, 5.41) is 0. The Morgan fingerprint density at radius 3 is 2.55 bits per heavy atom. The number of fused-ring (bicyclic) bond motifs is 1. The third kappa shape index (κ3) is 4.78. The van der Waals surface area contributed by atoms with Gasteiger partial charge in [0.2, 0.25) is 5.91 Å². The number of sulfonamides is 1. The highest BCUT2D eigenvalue weighted by molar-refractivity contribution is 7.92. The first kappa shape index (κ1) is 21.5. The molecule has 1 aromatic heterocycles. The quantitative estimate of drug-likeness (QED) is 0.602. The van der Waals surface area contributed by atoms with E-state index in [-0.39, 0.29) is 34.3 Å². The van der Waals surface area contributed by atoms with E-state index in [1.54, 1.807) is 11.0 Å². The molecule has 0 unspecified atom stereocenters. The third-order valence-corrected chi connectivity index (χ3v) is 7.28. The summed E-state index contributed by atoms with van der Waals surface area (Å²) in [7, 11) is -3.91. The molecular weight excluding hydrogens is 445 g/mol. The number of halogens is 1. The fourth-order valence-electron chi connectivity index (χ4n) is 3.34. The number of thiazole rings is 1. The van der Waals surface area contributed by atoms with Gasteiger partial charge in [0, 0.05) is 31.7 Å². The molecule has 1 saturated heterocycles. The molecule has 4 rings (SSSR count). The van der Waals surface area contributed by atoms with Crippen molar-refractivity contribution in [3.05, 3.63) is 57.9 Å². The van der Waals surface area contributed by atoms with Crippen LogP contribution in [0.15, 0.2) is 52.2 Å². The number of amides is 1. The maximum Gasteiger partial charge on any atom is 0.308 e. The average molecular weight is 466 g/mol. The van der Waals surface area contributed by atoms with Crippen LogP contribution in [-0.2, 0) is 26.1 Å². The second kappa shape index (κ2) is 8.77. The number of benzene rings is 2. The standard InChI is InChI=1S/C20H20FN3O5S2/c21-14-1-3-15(4-2-14)22-31(27,28)16-5-6-17-18(13-16)30-20(26)24(17)8-7-19(25)23-9-11-29-12-10-23/h1-6,13,22H,7-12H2. The first-order valence-corrected chi connectivity index (χ1v) is 11.9. The molecule has 3 aromatic rings. The molecule has 1 amide bonds. The zero-order valence-electron chi connectivity index (χ0n) is 16.4. The van der Waals surface area contributed by atoms with Crippen LogP contribution in [0.25, 0.3) is 10.2 Å². The monoisotopic (exact) mass is 465 g/mol. The van der Waals surface area contributed by atoms with Crippen molar-refractivity contribution in [3.63, 3.8) is 0 Å². The zero-order chi connectivity index (χ0) is 22.0. The maximum atomic E-state index is 13.0. The number of ether oxygens (including phenoxy) is 1. The summed E-state index contributed by atoms with van der Waals surface area (Å²) < 4.78 is 48.0. The molecule has 0 spiro atoms. The number of nitrogens with zero attached hydrogens (tertiary/aromatic N) is 2. The lowest BCUT2D eigenvalue weighted by Gasteiger charge is -2.26. The first-order chi connectivity index (χ1) is 14.8. The Bertz CT molecular complexity index is 1260. The van der Waals surface area contributed by atoms with Crippen molar-refractivity contribution in [2.75, 3.05) is 31.0 Å². The van der Waals surface area contributed by atoms with Gasteiger partial charge >= 0.3 is 4.87 Å². The van der Waals surface area contributed by atoms with E-state index in [1.165, 1.54) is 28.8 Å². The molecule has 164 valence electrons. The van der Waals surface area contributed by atoms with E-state index in [2.05, 4.69) is 4.72 Å². The minimum absolute atomic E-state index is 0.0119. The van der Waals surface area contributed by atoms with Crippen molar-refractivity contribution in [1.82, 2.24) is 9.47 Å². The van der Waals surface area contributed by atoms with E-state index in [0.717, 1.165) is 23.5 Å². The summed E-state index contributed by atoms with van der Waals surface area (Å²) in [4.78, 5) is 26.3. The third-order valence-electron chi connectivity index (χ3n) is 4.96. The molecule has 0 atom stereocenters. The topological polar surface area (TPSA) is 97.7 Å². The molecule has 0 aliphatic carbocycles. The summed E-state index contributed by atoms with van der Waals surface area (Å²) >= 11 is 0.925. The van der Waals surface area contributed by atoms with Gasteiger partial charge in [-0.2, -0.15) is 0 Å². The van der Waals surface area contributed by atoms with E-state index in [0.29, 0.717) is 36.5 Å². The van der Waals surface area contributed by atoms with Crippen molar-refractivity contribution in [1.29, 1.82) is 0 Å². The molecule has 1 aliphatic rings. The largest absolute Gasteiger partial charge is 0.378 e. The fourth-order valence-corrected chi connectivity index (χ4v) is 5.45. The van der Waals surface area contributed by atoms with Crippen LogP contribution in [0.2, 0.25) is 0 Å². The smallest absolute Gasteiger partial charge is 0.308 e. The van der Waals surface area contributed by atoms with Gasteiger partial charge in [0.05, 0.1) is 28.3 Å². The highest BCUT2D eigenvalue weighted by Gasteiger charge is 2.19. The summed E-state index contributed by atoms with van der Waals surface area (Å²) in [6.07, 6.45) is 0.178. The van der Waals surface area contributed by atoms with Crippen molar-refractivity contribution < 1.29 is 22.3 Å². The molecule has 2 heterocycles. The van der Waals surface area contributed by atoms with Crippen LogP contribution in [0, 0.1) is 5.82 Å². The number of nitrogens with one attached hydrogen (secondary N) is 1. The van der Waals surface area contributed by atoms with Crippen LogP contribution >= 0.6 is 11.3 Å². The summed E-state index contributed by atoms with van der Waals surface area (Å²) in [6, 6.07) is 9.35. The molecular formula is C20H20FN3O5S2. The van der Waals surface area contributed by atoms with Gasteiger partial charge in [0.15, 0.2) is 0 Å². The molecule has 11 heteroatoms. The van der Waals surface area contributed by atoms with Gasteiger partial charge in [-0.05, 0) is 42.5 Å². The molecule has 0 saturated carbocycles. The minimum atomic E-state index is -3.91. The number of hydrogen-bond acceptors (Lipinski definition) is 6. The Hall–Kier alpha value is -2.76. The van der Waals surface area contributed by atoms with Crippen LogP contribution < -0.4 is 9.60 Å². The number of morpholine rings is 1. The van der Waals surface area contributed by atoms with Gasteiger partial charge in [-0.1, -0.05) is 11.3 Å². The van der Waals surface area contributed by atoms with Gasteiger partial charge in [-0.3, -0.25) is 18.9 Å². The lowest BCUT2D eigenvalue weighted by atomic mass is 10.3. The molecule has 1 fully saturated rings. The van der Waals surface area contributed by atoms with Crippen LogP contribution in [0.4, 0.5) is 10.1 Å². The molecule has 1 aliphatic heterocycles. The highest BCUT2D eigenvalue weighted by Crippen LogP contribution is 2.24. The summed E-state index contributed by atoms with van der Waals surface area (Å²) in [5.74, 6) is -0.514. The van der Waals surface area contributed by atoms with Crippen LogP contribution in [0.5, 0.6) is 0 Å². The van der Waals surface area contributed by atoms with E-state index in [9.17, 15) is 22.4 Å². The number of aromatic nitrogens is 1. The first-order valence-electron chi connectivity index (χ1n) is 9.61. The van der Waals surface area contributed by atoms with Crippen molar-refractivity contribution >= 4 is 43.2 Å². The Kier molecular flexibility index (Phi) is 6.08. The lowest BCUT2D eigenvalue weighted by Crippen LogP contribution is -2.41. The molecule has 2 aromatic carbocycles. The van der Waals surface area contributed by atoms with Crippen LogP contribution in [0.3, 0.4) is 0 Å². The van der Waals surface area contributed by atoms with E-state index in [1.807, 2.05) is 0 Å². The molecule has 0 radical (unpaired) electrons. The lowest BCUT2D eigenvalue weighted by molar-refractivity contribution is -0.135. The Labute approximate surface area is 181 Å². The SMILES string of the molecule is O=C(CCn1c(=O)sc2cc(S(=O)(=O)Nc3ccc(F)cc3)ccc21)N1CCOCC1. The van der Waals surface area contributed by atoms with E-state index in [4.69, 9.17) is 4.74 Å². The number of carbonyl (C=O) groups excluding carboxylic acids is 1. The number of anilines is 1. The van der Waals surface area contributed by atoms with Gasteiger partial charge in [-0.15, -0.1) is 0 Å². The second-order valence-corrected chi connectivity index (χ2v) is 9.68. The van der Waals surface area contributed by atoms with Gasteiger partial charge in [-0.25, -0.2) is 12.8 Å². The van der Waals surface area contributed by atoms with Crippen molar-refractivity contribution in [3.8, 4) is 0 Å². The molecule has 1 N–H and O–H groups in total. The number of rotatable bonds is 6. The predicted molar refractivity (Wildman–Crippen MR) is 115 cm³/mol. The Morgan fingerprint density at radius 1 is 1.13 bits per heavy atom. The molecule has 0 bridgehead atoms. The van der Waals surface area contributed by atoms with E-state index >= 15 is 0 Å².